The minimum Gasteiger partial charge on any atom is -0.335 e. The summed E-state index contributed by atoms with van der Waals surface area (Å²) in [6.07, 6.45) is 17.7. The maximum Gasteiger partial charge on any atom is 0.223 e. The minimum atomic E-state index is 0.297. The van der Waals surface area contributed by atoms with Crippen molar-refractivity contribution in [3.8, 4) is 0 Å². The van der Waals surface area contributed by atoms with Crippen LogP contribution in [0.15, 0.2) is 46.6 Å². The summed E-state index contributed by atoms with van der Waals surface area (Å²) >= 11 is 0. The molecular weight excluding hydrogens is 380 g/mol. The number of hydrogen-bond acceptors (Lipinski definition) is 2. The average molecular weight is 429 g/mol. The van der Waals surface area contributed by atoms with Crippen molar-refractivity contribution in [1.29, 1.82) is 0 Å². The lowest BCUT2D eigenvalue weighted by atomic mass is 10.0. The van der Waals surface area contributed by atoms with Crippen molar-refractivity contribution in [2.45, 2.75) is 112 Å². The van der Waals surface area contributed by atoms with Crippen LogP contribution in [0.1, 0.15) is 99.8 Å². The molecule has 3 nitrogen and oxygen atoms in total. The Bertz CT molecular complexity index is 654. The fourth-order valence-corrected chi connectivity index (χ4v) is 4.18. The van der Waals surface area contributed by atoms with Gasteiger partial charge >= 0.3 is 0 Å². The molecule has 2 atom stereocenters. The molecule has 1 aliphatic heterocycles. The van der Waals surface area contributed by atoms with E-state index in [9.17, 15) is 4.79 Å². The molecule has 0 spiro atoms. The highest BCUT2D eigenvalue weighted by Crippen LogP contribution is 2.16. The topological polar surface area (TPSA) is 32.3 Å². The van der Waals surface area contributed by atoms with E-state index in [1.807, 2.05) is 0 Å². The van der Waals surface area contributed by atoms with Gasteiger partial charge in [-0.15, -0.1) is 0 Å². The number of carbonyl (C=O) groups is 1. The van der Waals surface area contributed by atoms with Gasteiger partial charge in [-0.1, -0.05) is 46.6 Å². The third-order valence-corrected chi connectivity index (χ3v) is 6.12. The molecular formula is C28H48N2O. The molecule has 1 heterocycles. The summed E-state index contributed by atoms with van der Waals surface area (Å²) in [4.78, 5) is 14.7. The number of allylic oxidation sites excluding steroid dienone is 8. The van der Waals surface area contributed by atoms with Gasteiger partial charge in [0.15, 0.2) is 0 Å². The van der Waals surface area contributed by atoms with E-state index < -0.39 is 0 Å². The highest BCUT2D eigenvalue weighted by molar-refractivity contribution is 5.77. The Hall–Kier alpha value is -1.61. The van der Waals surface area contributed by atoms with Crippen LogP contribution in [0.5, 0.6) is 0 Å². The van der Waals surface area contributed by atoms with E-state index >= 15 is 0 Å². The highest BCUT2D eigenvalue weighted by atomic mass is 16.2. The van der Waals surface area contributed by atoms with E-state index in [1.54, 1.807) is 0 Å². The van der Waals surface area contributed by atoms with Gasteiger partial charge in [0, 0.05) is 31.6 Å². The van der Waals surface area contributed by atoms with Gasteiger partial charge in [-0.3, -0.25) is 4.79 Å². The van der Waals surface area contributed by atoms with Gasteiger partial charge in [-0.2, -0.15) is 0 Å². The fourth-order valence-electron chi connectivity index (χ4n) is 4.18. The predicted molar refractivity (Wildman–Crippen MR) is 136 cm³/mol. The number of amides is 1. The first-order valence-corrected chi connectivity index (χ1v) is 12.3. The van der Waals surface area contributed by atoms with Crippen molar-refractivity contribution >= 4 is 5.91 Å². The normalized spacial score (nSPS) is 20.7. The average Bonchev–Trinajstić information content (AvgIpc) is 2.67. The Labute approximate surface area is 192 Å². The van der Waals surface area contributed by atoms with E-state index in [1.165, 1.54) is 28.7 Å². The molecule has 1 fully saturated rings. The van der Waals surface area contributed by atoms with Gasteiger partial charge < -0.3 is 10.2 Å². The summed E-state index contributed by atoms with van der Waals surface area (Å²) < 4.78 is 0. The molecule has 0 aromatic carbocycles. The molecule has 0 aromatic rings. The number of carbonyl (C=O) groups excluding carboxylic acids is 1. The van der Waals surface area contributed by atoms with Gasteiger partial charge in [-0.25, -0.2) is 0 Å². The molecule has 0 aromatic heterocycles. The zero-order valence-corrected chi connectivity index (χ0v) is 21.4. The molecule has 0 aliphatic carbocycles. The van der Waals surface area contributed by atoms with Crippen LogP contribution in [0.2, 0.25) is 0 Å². The van der Waals surface area contributed by atoms with Crippen LogP contribution in [-0.4, -0.2) is 36.0 Å². The molecule has 0 radical (unpaired) electrons. The maximum atomic E-state index is 12.6. The zero-order valence-electron chi connectivity index (χ0n) is 21.4. The van der Waals surface area contributed by atoms with E-state index in [4.69, 9.17) is 0 Å². The molecule has 176 valence electrons. The quantitative estimate of drug-likeness (QED) is 0.336. The first kappa shape index (κ1) is 27.4. The van der Waals surface area contributed by atoms with Gasteiger partial charge in [0.1, 0.15) is 0 Å². The van der Waals surface area contributed by atoms with Crippen LogP contribution in [0.25, 0.3) is 0 Å². The highest BCUT2D eigenvalue weighted by Gasteiger charge is 2.27. The number of piperazine rings is 1. The Kier molecular flexibility index (Phi) is 13.5. The second-order valence-corrected chi connectivity index (χ2v) is 9.74. The van der Waals surface area contributed by atoms with Crippen molar-refractivity contribution in [2.75, 3.05) is 13.1 Å². The largest absolute Gasteiger partial charge is 0.335 e. The Morgan fingerprint density at radius 1 is 0.710 bits per heavy atom. The first-order valence-electron chi connectivity index (χ1n) is 12.3. The van der Waals surface area contributed by atoms with Crippen LogP contribution in [-0.2, 0) is 4.79 Å². The van der Waals surface area contributed by atoms with E-state index in [-0.39, 0.29) is 0 Å². The van der Waals surface area contributed by atoms with Gasteiger partial charge in [0.25, 0.3) is 0 Å². The Balaban J connectivity index is 2.27. The zero-order chi connectivity index (χ0) is 23.2. The van der Waals surface area contributed by atoms with Gasteiger partial charge in [0.2, 0.25) is 5.91 Å². The lowest BCUT2D eigenvalue weighted by Crippen LogP contribution is -2.57. The SMILES string of the molecule is CC(C)=CCC/C(C)=C/CC/C(C)=C/CC/C(C)=C/CCC(=O)N1C(C)CNCC1C. The molecule has 1 rings (SSSR count). The summed E-state index contributed by atoms with van der Waals surface area (Å²) in [5.74, 6) is 0.297. The summed E-state index contributed by atoms with van der Waals surface area (Å²) in [5, 5.41) is 3.39. The molecule has 31 heavy (non-hydrogen) atoms. The minimum absolute atomic E-state index is 0.297. The van der Waals surface area contributed by atoms with Crippen LogP contribution in [0.3, 0.4) is 0 Å². The fraction of sp³-hybridized carbons (Fsp3) is 0.679. The molecule has 1 amide bonds. The Morgan fingerprint density at radius 2 is 1.10 bits per heavy atom. The van der Waals surface area contributed by atoms with E-state index in [0.717, 1.165) is 51.6 Å². The Morgan fingerprint density at radius 3 is 1.52 bits per heavy atom. The third-order valence-electron chi connectivity index (χ3n) is 6.12. The second-order valence-electron chi connectivity index (χ2n) is 9.74. The standard InChI is InChI=1S/C28H48N2O/c1-22(2)12-8-13-23(3)14-9-15-24(4)16-10-17-25(5)18-11-19-28(31)30-26(6)20-29-21-27(30)7/h12,14,16,18,26-27,29H,8-11,13,15,17,19-21H2,1-7H3/b23-14+,24-16+,25-18+. The number of rotatable bonds is 12. The van der Waals surface area contributed by atoms with Crippen molar-refractivity contribution in [3.05, 3.63) is 46.6 Å². The van der Waals surface area contributed by atoms with Gasteiger partial charge in [-0.05, 0) is 93.4 Å². The van der Waals surface area contributed by atoms with Crippen LogP contribution < -0.4 is 5.32 Å². The van der Waals surface area contributed by atoms with E-state index in [0.29, 0.717) is 24.4 Å². The second kappa shape index (κ2) is 15.2. The monoisotopic (exact) mass is 428 g/mol. The molecule has 0 bridgehead atoms. The number of hydrogen-bond donors (Lipinski definition) is 1. The molecule has 3 heteroatoms. The molecule has 1 saturated heterocycles. The van der Waals surface area contributed by atoms with Crippen LogP contribution >= 0.6 is 0 Å². The van der Waals surface area contributed by atoms with Crippen molar-refractivity contribution in [1.82, 2.24) is 10.2 Å². The third kappa shape index (κ3) is 12.1. The van der Waals surface area contributed by atoms with Crippen molar-refractivity contribution < 1.29 is 4.79 Å². The number of nitrogens with one attached hydrogen (secondary N) is 1. The first-order chi connectivity index (χ1) is 14.7. The van der Waals surface area contributed by atoms with Gasteiger partial charge in [0.05, 0.1) is 0 Å². The number of nitrogens with zero attached hydrogens (tertiary/aromatic N) is 1. The summed E-state index contributed by atoms with van der Waals surface area (Å²) in [7, 11) is 0. The lowest BCUT2D eigenvalue weighted by Gasteiger charge is -2.39. The maximum absolute atomic E-state index is 12.6. The summed E-state index contributed by atoms with van der Waals surface area (Å²) in [5.41, 5.74) is 5.79. The van der Waals surface area contributed by atoms with Crippen LogP contribution in [0, 0.1) is 0 Å². The lowest BCUT2D eigenvalue weighted by molar-refractivity contribution is -0.136. The van der Waals surface area contributed by atoms with Crippen LogP contribution in [0.4, 0.5) is 0 Å². The molecule has 1 aliphatic rings. The van der Waals surface area contributed by atoms with E-state index in [2.05, 4.69) is 83.0 Å². The summed E-state index contributed by atoms with van der Waals surface area (Å²) in [6, 6.07) is 0.593. The van der Waals surface area contributed by atoms with Crippen molar-refractivity contribution in [3.63, 3.8) is 0 Å². The predicted octanol–water partition coefficient (Wildman–Crippen LogP) is 7.12. The summed E-state index contributed by atoms with van der Waals surface area (Å²) in [6.45, 7) is 17.1. The molecule has 2 unspecified atom stereocenters. The van der Waals surface area contributed by atoms with Crippen molar-refractivity contribution in [2.24, 2.45) is 0 Å². The smallest absolute Gasteiger partial charge is 0.223 e. The molecule has 0 saturated carbocycles. The molecule has 1 N–H and O–H groups in total.